The Bertz CT molecular complexity index is 529. The third-order valence-corrected chi connectivity index (χ3v) is 3.31. The molecule has 0 fully saturated rings. The number of H-pyrrole nitrogens is 1. The molecule has 4 heteroatoms. The smallest absolute Gasteiger partial charge is 0.223 e. The average Bonchev–Trinajstić information content (AvgIpc) is 2.85. The summed E-state index contributed by atoms with van der Waals surface area (Å²) in [6, 6.07) is 5.98. The highest BCUT2D eigenvalue weighted by Crippen LogP contribution is 2.12. The Balaban J connectivity index is 1.99. The first-order valence-electron chi connectivity index (χ1n) is 6.44. The number of aromatic amines is 1. The average molecular weight is 245 g/mol. The number of amides is 1. The minimum absolute atomic E-state index is 0.126. The van der Waals surface area contributed by atoms with Crippen LogP contribution in [0, 0.1) is 5.92 Å². The van der Waals surface area contributed by atoms with Crippen LogP contribution in [0.3, 0.4) is 0 Å². The van der Waals surface area contributed by atoms with Crippen LogP contribution in [0.4, 0.5) is 0 Å². The highest BCUT2D eigenvalue weighted by Gasteiger charge is 2.13. The molecule has 0 spiro atoms. The van der Waals surface area contributed by atoms with E-state index >= 15 is 0 Å². The zero-order valence-corrected chi connectivity index (χ0v) is 10.9. The number of hydrogen-bond donors (Lipinski definition) is 2. The molecule has 0 aliphatic heterocycles. The van der Waals surface area contributed by atoms with Crippen molar-refractivity contribution in [1.29, 1.82) is 0 Å². The molecule has 0 radical (unpaired) electrons. The lowest BCUT2D eigenvalue weighted by atomic mass is 10.0. The second-order valence-corrected chi connectivity index (χ2v) is 4.49. The molecule has 2 rings (SSSR count). The summed E-state index contributed by atoms with van der Waals surface area (Å²) >= 11 is 0. The van der Waals surface area contributed by atoms with Crippen LogP contribution in [0.5, 0.6) is 0 Å². The van der Waals surface area contributed by atoms with E-state index in [1.807, 2.05) is 32.0 Å². The number of carbonyl (C=O) groups excluding carboxylic acids is 1. The van der Waals surface area contributed by atoms with E-state index in [1.54, 1.807) is 6.33 Å². The van der Waals surface area contributed by atoms with Gasteiger partial charge in [-0.05, 0) is 30.5 Å². The molecule has 2 aromatic rings. The number of fused-ring (bicyclic) bond motifs is 1. The van der Waals surface area contributed by atoms with Gasteiger partial charge in [0.1, 0.15) is 0 Å². The van der Waals surface area contributed by atoms with E-state index < -0.39 is 0 Å². The van der Waals surface area contributed by atoms with Crippen LogP contribution >= 0.6 is 0 Å². The van der Waals surface area contributed by atoms with Gasteiger partial charge in [0.15, 0.2) is 0 Å². The first kappa shape index (κ1) is 12.6. The van der Waals surface area contributed by atoms with Gasteiger partial charge in [-0.25, -0.2) is 4.98 Å². The van der Waals surface area contributed by atoms with Gasteiger partial charge in [0.2, 0.25) is 5.91 Å². The Morgan fingerprint density at radius 1 is 1.39 bits per heavy atom. The summed E-state index contributed by atoms with van der Waals surface area (Å²) in [4.78, 5) is 19.1. The topological polar surface area (TPSA) is 57.8 Å². The van der Waals surface area contributed by atoms with Crippen LogP contribution < -0.4 is 5.32 Å². The largest absolute Gasteiger partial charge is 0.352 e. The number of aromatic nitrogens is 2. The highest BCUT2D eigenvalue weighted by molar-refractivity contribution is 5.79. The molecule has 0 saturated heterocycles. The van der Waals surface area contributed by atoms with Gasteiger partial charge in [-0.3, -0.25) is 4.79 Å². The van der Waals surface area contributed by atoms with Gasteiger partial charge < -0.3 is 10.3 Å². The van der Waals surface area contributed by atoms with Crippen LogP contribution in [0.15, 0.2) is 24.5 Å². The van der Waals surface area contributed by atoms with Crippen LogP contribution in [0.2, 0.25) is 0 Å². The monoisotopic (exact) mass is 245 g/mol. The molecule has 1 amide bonds. The first-order valence-corrected chi connectivity index (χ1v) is 6.44. The van der Waals surface area contributed by atoms with Gasteiger partial charge in [-0.1, -0.05) is 19.9 Å². The molecule has 1 aromatic carbocycles. The van der Waals surface area contributed by atoms with E-state index in [-0.39, 0.29) is 11.8 Å². The van der Waals surface area contributed by atoms with Crippen LogP contribution in [-0.4, -0.2) is 15.9 Å². The summed E-state index contributed by atoms with van der Waals surface area (Å²) in [7, 11) is 0. The molecule has 2 N–H and O–H groups in total. The second-order valence-electron chi connectivity index (χ2n) is 4.49. The lowest BCUT2D eigenvalue weighted by Gasteiger charge is -2.12. The van der Waals surface area contributed by atoms with Gasteiger partial charge >= 0.3 is 0 Å². The van der Waals surface area contributed by atoms with Crippen molar-refractivity contribution in [2.24, 2.45) is 5.92 Å². The summed E-state index contributed by atoms with van der Waals surface area (Å²) in [5, 5.41) is 2.98. The fourth-order valence-electron chi connectivity index (χ4n) is 2.09. The number of nitrogens with zero attached hydrogens (tertiary/aromatic N) is 1. The molecule has 18 heavy (non-hydrogen) atoms. The van der Waals surface area contributed by atoms with Crippen molar-refractivity contribution >= 4 is 16.9 Å². The van der Waals surface area contributed by atoms with Crippen molar-refractivity contribution in [3.05, 3.63) is 30.1 Å². The van der Waals surface area contributed by atoms with E-state index in [9.17, 15) is 4.79 Å². The molecule has 0 bridgehead atoms. The molecule has 4 nitrogen and oxygen atoms in total. The molecule has 1 heterocycles. The van der Waals surface area contributed by atoms with E-state index in [0.29, 0.717) is 6.54 Å². The quantitative estimate of drug-likeness (QED) is 0.850. The summed E-state index contributed by atoms with van der Waals surface area (Å²) in [5.74, 6) is 0.269. The van der Waals surface area contributed by atoms with Crippen LogP contribution in [-0.2, 0) is 11.3 Å². The maximum Gasteiger partial charge on any atom is 0.223 e. The normalized spacial score (nSPS) is 11.1. The molecule has 0 unspecified atom stereocenters. The minimum atomic E-state index is 0.126. The standard InChI is InChI=1S/C14H19N3O/c1-3-11(4-2)14(18)15-8-10-5-6-12-13(7-10)17-9-16-12/h5-7,9,11H,3-4,8H2,1-2H3,(H,15,18)(H,16,17). The summed E-state index contributed by atoms with van der Waals surface area (Å²) in [6.07, 6.45) is 3.46. The molecule has 0 saturated carbocycles. The highest BCUT2D eigenvalue weighted by atomic mass is 16.1. The number of imidazole rings is 1. The van der Waals surface area contributed by atoms with Crippen LogP contribution in [0.25, 0.3) is 11.0 Å². The molecule has 0 aliphatic rings. The van der Waals surface area contributed by atoms with Gasteiger partial charge in [0, 0.05) is 12.5 Å². The number of nitrogens with one attached hydrogen (secondary N) is 2. The fraction of sp³-hybridized carbons (Fsp3) is 0.429. The molecular formula is C14H19N3O. The third-order valence-electron chi connectivity index (χ3n) is 3.31. The maximum absolute atomic E-state index is 11.9. The molecule has 1 aromatic heterocycles. The Kier molecular flexibility index (Phi) is 3.97. The first-order chi connectivity index (χ1) is 8.74. The second kappa shape index (κ2) is 5.67. The lowest BCUT2D eigenvalue weighted by Crippen LogP contribution is -2.29. The Morgan fingerprint density at radius 3 is 2.89 bits per heavy atom. The van der Waals surface area contributed by atoms with Crippen molar-refractivity contribution in [2.75, 3.05) is 0 Å². The predicted molar refractivity (Wildman–Crippen MR) is 72.0 cm³/mol. The number of rotatable bonds is 5. The third kappa shape index (κ3) is 2.70. The Hall–Kier alpha value is -1.84. The predicted octanol–water partition coefficient (Wildman–Crippen LogP) is 2.62. The number of benzene rings is 1. The van der Waals surface area contributed by atoms with E-state index in [2.05, 4.69) is 15.3 Å². The van der Waals surface area contributed by atoms with Gasteiger partial charge in [-0.15, -0.1) is 0 Å². The van der Waals surface area contributed by atoms with E-state index in [1.165, 1.54) is 0 Å². The van der Waals surface area contributed by atoms with E-state index in [0.717, 1.165) is 29.4 Å². The van der Waals surface area contributed by atoms with Gasteiger partial charge in [-0.2, -0.15) is 0 Å². The van der Waals surface area contributed by atoms with Crippen molar-refractivity contribution in [3.63, 3.8) is 0 Å². The van der Waals surface area contributed by atoms with Crippen LogP contribution in [0.1, 0.15) is 32.3 Å². The number of carbonyl (C=O) groups is 1. The van der Waals surface area contributed by atoms with Crippen molar-refractivity contribution in [3.8, 4) is 0 Å². The lowest BCUT2D eigenvalue weighted by molar-refractivity contribution is -0.125. The van der Waals surface area contributed by atoms with Crippen molar-refractivity contribution < 1.29 is 4.79 Å². The maximum atomic E-state index is 11.9. The van der Waals surface area contributed by atoms with Gasteiger partial charge in [0.25, 0.3) is 0 Å². The summed E-state index contributed by atoms with van der Waals surface area (Å²) in [6.45, 7) is 4.67. The zero-order chi connectivity index (χ0) is 13.0. The molecular weight excluding hydrogens is 226 g/mol. The van der Waals surface area contributed by atoms with Gasteiger partial charge in [0.05, 0.1) is 17.4 Å². The number of hydrogen-bond acceptors (Lipinski definition) is 2. The van der Waals surface area contributed by atoms with E-state index in [4.69, 9.17) is 0 Å². The Morgan fingerprint density at radius 2 is 2.17 bits per heavy atom. The zero-order valence-electron chi connectivity index (χ0n) is 10.9. The van der Waals surface area contributed by atoms with Crippen molar-refractivity contribution in [2.45, 2.75) is 33.2 Å². The van der Waals surface area contributed by atoms with Crippen molar-refractivity contribution in [1.82, 2.24) is 15.3 Å². The molecule has 0 atom stereocenters. The molecule has 96 valence electrons. The summed E-state index contributed by atoms with van der Waals surface area (Å²) < 4.78 is 0. The SMILES string of the molecule is CCC(CC)C(=O)NCc1ccc2nc[nH]c2c1. The summed E-state index contributed by atoms with van der Waals surface area (Å²) in [5.41, 5.74) is 3.04. The molecule has 0 aliphatic carbocycles. The minimum Gasteiger partial charge on any atom is -0.352 e. The Labute approximate surface area is 107 Å². The fourth-order valence-corrected chi connectivity index (χ4v) is 2.09.